The smallest absolute Gasteiger partial charge is 0.132 e. The van der Waals surface area contributed by atoms with E-state index in [0.29, 0.717) is 6.54 Å². The lowest BCUT2D eigenvalue weighted by atomic mass is 9.97. The van der Waals surface area contributed by atoms with Crippen LogP contribution < -0.4 is 15.2 Å². The molecule has 96 valence electrons. The second-order valence-corrected chi connectivity index (χ2v) is 5.69. The van der Waals surface area contributed by atoms with Crippen LogP contribution in [0.2, 0.25) is 0 Å². The van der Waals surface area contributed by atoms with E-state index < -0.39 is 0 Å². The van der Waals surface area contributed by atoms with Crippen molar-refractivity contribution in [1.29, 1.82) is 0 Å². The van der Waals surface area contributed by atoms with Crippen molar-refractivity contribution in [2.45, 2.75) is 18.7 Å². The fraction of sp³-hybridized carbons (Fsp3) is 0.538. The third-order valence-corrected chi connectivity index (χ3v) is 4.10. The summed E-state index contributed by atoms with van der Waals surface area (Å²) < 4.78 is 10.6. The van der Waals surface area contributed by atoms with Crippen LogP contribution >= 0.6 is 11.8 Å². The molecule has 0 atom stereocenters. The molecule has 1 rings (SSSR count). The van der Waals surface area contributed by atoms with Crippen LogP contribution in [0.4, 0.5) is 0 Å². The van der Waals surface area contributed by atoms with E-state index in [2.05, 4.69) is 13.8 Å². The summed E-state index contributed by atoms with van der Waals surface area (Å²) in [6, 6.07) is 5.82. The Hall–Kier alpha value is -0.870. The molecular weight excluding hydrogens is 234 g/mol. The van der Waals surface area contributed by atoms with Crippen molar-refractivity contribution in [2.24, 2.45) is 11.1 Å². The third kappa shape index (κ3) is 4.13. The van der Waals surface area contributed by atoms with Gasteiger partial charge in [-0.3, -0.25) is 0 Å². The van der Waals surface area contributed by atoms with Crippen LogP contribution in [0.25, 0.3) is 0 Å². The van der Waals surface area contributed by atoms with Gasteiger partial charge in [-0.1, -0.05) is 13.8 Å². The van der Waals surface area contributed by atoms with E-state index in [1.807, 2.05) is 18.2 Å². The van der Waals surface area contributed by atoms with Crippen molar-refractivity contribution in [3.63, 3.8) is 0 Å². The maximum Gasteiger partial charge on any atom is 0.132 e. The molecule has 0 radical (unpaired) electrons. The molecule has 0 aliphatic rings. The number of hydrogen-bond acceptors (Lipinski definition) is 4. The number of methoxy groups -OCH3 is 2. The highest BCUT2D eigenvalue weighted by Gasteiger charge is 2.17. The fourth-order valence-corrected chi connectivity index (χ4v) is 2.39. The highest BCUT2D eigenvalue weighted by molar-refractivity contribution is 7.99. The normalized spacial score (nSPS) is 11.4. The summed E-state index contributed by atoms with van der Waals surface area (Å²) in [7, 11) is 3.35. The number of ether oxygens (including phenoxy) is 2. The van der Waals surface area contributed by atoms with Gasteiger partial charge in [0, 0.05) is 5.75 Å². The van der Waals surface area contributed by atoms with Gasteiger partial charge in [-0.15, -0.1) is 11.8 Å². The highest BCUT2D eigenvalue weighted by atomic mass is 32.2. The van der Waals surface area contributed by atoms with Gasteiger partial charge in [-0.05, 0) is 30.2 Å². The summed E-state index contributed by atoms with van der Waals surface area (Å²) in [6.45, 7) is 4.99. The molecule has 0 aliphatic heterocycles. The molecule has 4 heteroatoms. The summed E-state index contributed by atoms with van der Waals surface area (Å²) in [5.41, 5.74) is 5.85. The maximum atomic E-state index is 5.73. The van der Waals surface area contributed by atoms with Crippen LogP contribution in [0.15, 0.2) is 23.1 Å². The number of thioether (sulfide) groups is 1. The Bertz CT molecular complexity index is 366. The molecule has 0 amide bonds. The average Bonchev–Trinajstić information content (AvgIpc) is 2.36. The molecule has 0 spiro atoms. The third-order valence-electron chi connectivity index (χ3n) is 2.54. The van der Waals surface area contributed by atoms with Gasteiger partial charge in [0.2, 0.25) is 0 Å². The Morgan fingerprint density at radius 1 is 1.24 bits per heavy atom. The molecule has 1 aromatic rings. The molecule has 0 saturated heterocycles. The Morgan fingerprint density at radius 3 is 2.47 bits per heavy atom. The SMILES string of the molecule is COc1ccc(OC)c(SCC(C)(C)CN)c1. The molecule has 2 N–H and O–H groups in total. The number of nitrogens with two attached hydrogens (primary N) is 1. The van der Waals surface area contributed by atoms with Crippen molar-refractivity contribution in [1.82, 2.24) is 0 Å². The van der Waals surface area contributed by atoms with E-state index in [-0.39, 0.29) is 5.41 Å². The highest BCUT2D eigenvalue weighted by Crippen LogP contribution is 2.35. The molecular formula is C13H21NO2S. The first-order valence-corrected chi connectivity index (χ1v) is 6.56. The topological polar surface area (TPSA) is 44.5 Å². The molecule has 0 fully saturated rings. The van der Waals surface area contributed by atoms with Crippen molar-refractivity contribution in [3.8, 4) is 11.5 Å². The van der Waals surface area contributed by atoms with Crippen molar-refractivity contribution in [2.75, 3.05) is 26.5 Å². The van der Waals surface area contributed by atoms with E-state index >= 15 is 0 Å². The first-order chi connectivity index (χ1) is 8.02. The second kappa shape index (κ2) is 6.17. The van der Waals surface area contributed by atoms with Gasteiger partial charge < -0.3 is 15.2 Å². The van der Waals surface area contributed by atoms with Crippen molar-refractivity contribution in [3.05, 3.63) is 18.2 Å². The fourth-order valence-electron chi connectivity index (χ4n) is 1.23. The number of rotatable bonds is 6. The lowest BCUT2D eigenvalue weighted by Gasteiger charge is -2.22. The largest absolute Gasteiger partial charge is 0.497 e. The standard InChI is InChI=1S/C13H21NO2S/c1-13(2,8-14)9-17-12-7-10(15-3)5-6-11(12)16-4/h5-7H,8-9,14H2,1-4H3. The lowest BCUT2D eigenvalue weighted by Crippen LogP contribution is -2.25. The zero-order chi connectivity index (χ0) is 12.9. The van der Waals surface area contributed by atoms with Crippen LogP contribution in [0.5, 0.6) is 11.5 Å². The summed E-state index contributed by atoms with van der Waals surface area (Å²) in [6.07, 6.45) is 0. The van der Waals surface area contributed by atoms with Gasteiger partial charge in [-0.25, -0.2) is 0 Å². The predicted molar refractivity (Wildman–Crippen MR) is 73.1 cm³/mol. The number of benzene rings is 1. The maximum absolute atomic E-state index is 5.73. The Balaban J connectivity index is 2.81. The van der Waals surface area contributed by atoms with Gasteiger partial charge in [0.25, 0.3) is 0 Å². The molecule has 1 aromatic carbocycles. The van der Waals surface area contributed by atoms with Gasteiger partial charge >= 0.3 is 0 Å². The summed E-state index contributed by atoms with van der Waals surface area (Å²) >= 11 is 1.75. The van der Waals surface area contributed by atoms with Crippen LogP contribution in [-0.2, 0) is 0 Å². The van der Waals surface area contributed by atoms with Crippen LogP contribution in [0, 0.1) is 5.41 Å². The minimum Gasteiger partial charge on any atom is -0.497 e. The summed E-state index contributed by atoms with van der Waals surface area (Å²) in [4.78, 5) is 1.09. The molecule has 0 saturated carbocycles. The Kier molecular flexibility index (Phi) is 5.15. The summed E-state index contributed by atoms with van der Waals surface area (Å²) in [5, 5.41) is 0. The minimum atomic E-state index is 0.124. The van der Waals surface area contributed by atoms with Crippen LogP contribution in [0.3, 0.4) is 0 Å². The Morgan fingerprint density at radius 2 is 1.94 bits per heavy atom. The molecule has 0 heterocycles. The minimum absolute atomic E-state index is 0.124. The van der Waals surface area contributed by atoms with Gasteiger partial charge in [0.05, 0.1) is 19.1 Å². The zero-order valence-corrected chi connectivity index (χ0v) is 11.8. The van der Waals surface area contributed by atoms with E-state index in [1.165, 1.54) is 0 Å². The Labute approximate surface area is 108 Å². The van der Waals surface area contributed by atoms with Gasteiger partial charge in [0.1, 0.15) is 11.5 Å². The molecule has 0 unspecified atom stereocenters. The van der Waals surface area contributed by atoms with E-state index in [1.54, 1.807) is 26.0 Å². The van der Waals surface area contributed by atoms with Gasteiger partial charge in [-0.2, -0.15) is 0 Å². The van der Waals surface area contributed by atoms with Gasteiger partial charge in [0.15, 0.2) is 0 Å². The zero-order valence-electron chi connectivity index (χ0n) is 10.9. The lowest BCUT2D eigenvalue weighted by molar-refractivity contribution is 0.393. The van der Waals surface area contributed by atoms with E-state index in [9.17, 15) is 0 Å². The molecule has 3 nitrogen and oxygen atoms in total. The second-order valence-electron chi connectivity index (χ2n) is 4.67. The van der Waals surface area contributed by atoms with Crippen LogP contribution in [-0.4, -0.2) is 26.5 Å². The van der Waals surface area contributed by atoms with E-state index in [4.69, 9.17) is 15.2 Å². The van der Waals surface area contributed by atoms with Crippen LogP contribution in [0.1, 0.15) is 13.8 Å². The van der Waals surface area contributed by atoms with Crippen molar-refractivity contribution < 1.29 is 9.47 Å². The molecule has 0 bridgehead atoms. The molecule has 0 aliphatic carbocycles. The van der Waals surface area contributed by atoms with E-state index in [0.717, 1.165) is 22.1 Å². The summed E-state index contributed by atoms with van der Waals surface area (Å²) in [5.74, 6) is 2.68. The first-order valence-electron chi connectivity index (χ1n) is 5.57. The predicted octanol–water partition coefficient (Wildman–Crippen LogP) is 2.78. The monoisotopic (exact) mass is 255 g/mol. The first kappa shape index (κ1) is 14.2. The average molecular weight is 255 g/mol. The van der Waals surface area contributed by atoms with Crippen molar-refractivity contribution >= 4 is 11.8 Å². The molecule has 0 aromatic heterocycles. The number of hydrogen-bond donors (Lipinski definition) is 1. The molecule has 17 heavy (non-hydrogen) atoms. The quantitative estimate of drug-likeness (QED) is 0.794.